The third-order valence-electron chi connectivity index (χ3n) is 6.45. The number of amides is 3. The first-order valence-electron chi connectivity index (χ1n) is 12.2. The van der Waals surface area contributed by atoms with E-state index in [1.54, 1.807) is 30.3 Å². The highest BCUT2D eigenvalue weighted by atomic mass is 19.1. The Kier molecular flexibility index (Phi) is 8.15. The van der Waals surface area contributed by atoms with Crippen LogP contribution in [0.25, 0.3) is 0 Å². The zero-order chi connectivity index (χ0) is 25.5. The summed E-state index contributed by atoms with van der Waals surface area (Å²) in [5.74, 6) is -2.11. The smallest absolute Gasteiger partial charge is 0.287 e. The molecule has 8 heteroatoms. The van der Waals surface area contributed by atoms with Gasteiger partial charge in [0.1, 0.15) is 11.9 Å². The van der Waals surface area contributed by atoms with E-state index >= 15 is 4.39 Å². The summed E-state index contributed by atoms with van der Waals surface area (Å²) in [6.45, 7) is 1.41. The number of anilines is 1. The third kappa shape index (κ3) is 5.82. The monoisotopic (exact) mass is 491 g/mol. The second-order valence-corrected chi connectivity index (χ2v) is 8.98. The summed E-state index contributed by atoms with van der Waals surface area (Å²) < 4.78 is 20.2. The van der Waals surface area contributed by atoms with Crippen LogP contribution in [0.1, 0.15) is 59.8 Å². The third-order valence-corrected chi connectivity index (χ3v) is 6.45. The first-order chi connectivity index (χ1) is 17.5. The molecule has 1 heterocycles. The van der Waals surface area contributed by atoms with Crippen molar-refractivity contribution in [1.29, 1.82) is 0 Å². The highest BCUT2D eigenvalue weighted by Crippen LogP contribution is 2.32. The molecule has 36 heavy (non-hydrogen) atoms. The van der Waals surface area contributed by atoms with Crippen LogP contribution in [0.2, 0.25) is 0 Å². The molecule has 3 aromatic rings. The second-order valence-electron chi connectivity index (χ2n) is 8.98. The average molecular weight is 492 g/mol. The number of para-hydroxylation sites is 1. The zero-order valence-corrected chi connectivity index (χ0v) is 20.2. The van der Waals surface area contributed by atoms with Crippen LogP contribution in [-0.4, -0.2) is 30.3 Å². The van der Waals surface area contributed by atoms with Gasteiger partial charge >= 0.3 is 0 Å². The normalized spacial score (nSPS) is 14.6. The number of nitrogens with one attached hydrogen (secondary N) is 2. The predicted molar refractivity (Wildman–Crippen MR) is 134 cm³/mol. The molecule has 2 N–H and O–H groups in total. The first-order valence-corrected chi connectivity index (χ1v) is 12.2. The van der Waals surface area contributed by atoms with Gasteiger partial charge in [-0.1, -0.05) is 55.7 Å². The molecule has 1 fully saturated rings. The van der Waals surface area contributed by atoms with E-state index < -0.39 is 36.1 Å². The lowest BCUT2D eigenvalue weighted by molar-refractivity contribution is -0.127. The van der Waals surface area contributed by atoms with Crippen LogP contribution in [0.15, 0.2) is 71.3 Å². The van der Waals surface area contributed by atoms with E-state index in [2.05, 4.69) is 10.6 Å². The van der Waals surface area contributed by atoms with Crippen molar-refractivity contribution in [2.24, 2.45) is 0 Å². The largest absolute Gasteiger partial charge is 0.459 e. The van der Waals surface area contributed by atoms with Crippen LogP contribution in [0.5, 0.6) is 0 Å². The predicted octanol–water partition coefficient (Wildman–Crippen LogP) is 4.68. The number of nitrogens with zero attached hydrogens (tertiary/aromatic N) is 1. The summed E-state index contributed by atoms with van der Waals surface area (Å²) in [6.07, 6.45) is 6.18. The molecule has 1 saturated carbocycles. The van der Waals surface area contributed by atoms with Crippen LogP contribution < -0.4 is 15.5 Å². The Morgan fingerprint density at radius 2 is 1.72 bits per heavy atom. The van der Waals surface area contributed by atoms with Crippen molar-refractivity contribution in [3.8, 4) is 0 Å². The highest BCUT2D eigenvalue weighted by molar-refractivity contribution is 6.04. The molecule has 3 amide bonds. The fraction of sp³-hybridized carbons (Fsp3) is 0.321. The van der Waals surface area contributed by atoms with E-state index in [-0.39, 0.29) is 17.4 Å². The number of rotatable bonds is 8. The molecule has 7 nitrogen and oxygen atoms in total. The van der Waals surface area contributed by atoms with E-state index in [1.165, 1.54) is 29.4 Å². The number of furan rings is 1. The summed E-state index contributed by atoms with van der Waals surface area (Å²) in [7, 11) is 0. The standard InChI is InChI=1S/C28H30FN3O4/c1-19-10-5-8-15-23(19)32(25(33)18-30-27(34)24-16-9-17-36-24)26(21-13-6-7-14-22(21)29)28(35)31-20-11-3-2-4-12-20/h5-10,13-17,20,26H,2-4,11-12,18H2,1H3,(H,30,34)(H,31,35)/t26-/m0/s1. The number of hydrogen-bond acceptors (Lipinski definition) is 4. The molecule has 0 aliphatic heterocycles. The quantitative estimate of drug-likeness (QED) is 0.479. The van der Waals surface area contributed by atoms with E-state index in [0.29, 0.717) is 5.69 Å². The van der Waals surface area contributed by atoms with Gasteiger partial charge in [-0.3, -0.25) is 19.3 Å². The topological polar surface area (TPSA) is 91.7 Å². The van der Waals surface area contributed by atoms with Gasteiger partial charge in [0.05, 0.1) is 12.8 Å². The molecule has 1 aliphatic carbocycles. The number of carbonyl (C=O) groups is 3. The van der Waals surface area contributed by atoms with Crippen molar-refractivity contribution in [2.45, 2.75) is 51.1 Å². The summed E-state index contributed by atoms with van der Waals surface area (Å²) in [4.78, 5) is 41.1. The Morgan fingerprint density at radius 1 is 1.00 bits per heavy atom. The lowest BCUT2D eigenvalue weighted by atomic mass is 9.94. The second kappa shape index (κ2) is 11.7. The van der Waals surface area contributed by atoms with Crippen molar-refractivity contribution >= 4 is 23.4 Å². The van der Waals surface area contributed by atoms with Crippen molar-refractivity contribution in [1.82, 2.24) is 10.6 Å². The van der Waals surface area contributed by atoms with Gasteiger partial charge in [-0.05, 0) is 49.6 Å². The lowest BCUT2D eigenvalue weighted by Crippen LogP contribution is -2.50. The molecule has 1 atom stereocenters. The first kappa shape index (κ1) is 25.2. The number of benzene rings is 2. The zero-order valence-electron chi connectivity index (χ0n) is 20.2. The van der Waals surface area contributed by atoms with Gasteiger partial charge in [0, 0.05) is 17.3 Å². The maximum absolute atomic E-state index is 15.1. The summed E-state index contributed by atoms with van der Waals surface area (Å²) >= 11 is 0. The van der Waals surface area contributed by atoms with Crippen LogP contribution >= 0.6 is 0 Å². The number of aryl methyl sites for hydroxylation is 1. The molecule has 4 rings (SSSR count). The van der Waals surface area contributed by atoms with Gasteiger partial charge in [-0.2, -0.15) is 0 Å². The molecule has 0 bridgehead atoms. The van der Waals surface area contributed by atoms with E-state index in [4.69, 9.17) is 4.42 Å². The molecule has 188 valence electrons. The van der Waals surface area contributed by atoms with Gasteiger partial charge in [-0.25, -0.2) is 4.39 Å². The minimum Gasteiger partial charge on any atom is -0.459 e. The highest BCUT2D eigenvalue weighted by Gasteiger charge is 2.36. The van der Waals surface area contributed by atoms with E-state index in [9.17, 15) is 14.4 Å². The Hall–Kier alpha value is -3.94. The number of carbonyl (C=O) groups excluding carboxylic acids is 3. The summed E-state index contributed by atoms with van der Waals surface area (Å²) in [5.41, 5.74) is 1.27. The van der Waals surface area contributed by atoms with Crippen molar-refractivity contribution in [3.63, 3.8) is 0 Å². The van der Waals surface area contributed by atoms with E-state index in [1.807, 2.05) is 19.1 Å². The average Bonchev–Trinajstić information content (AvgIpc) is 3.43. The molecule has 0 spiro atoms. The minimum atomic E-state index is -1.26. The number of hydrogen-bond donors (Lipinski definition) is 2. The molecule has 1 aromatic heterocycles. The van der Waals surface area contributed by atoms with Crippen molar-refractivity contribution in [3.05, 3.63) is 89.6 Å². The molecular weight excluding hydrogens is 461 g/mol. The van der Waals surface area contributed by atoms with Crippen LogP contribution in [0, 0.1) is 12.7 Å². The summed E-state index contributed by atoms with van der Waals surface area (Å²) in [5, 5.41) is 5.60. The molecule has 0 saturated heterocycles. The minimum absolute atomic E-state index is 0.0343. The Bertz CT molecular complexity index is 1210. The van der Waals surface area contributed by atoms with Crippen LogP contribution in [0.3, 0.4) is 0 Å². The van der Waals surface area contributed by atoms with Gasteiger partial charge in [0.15, 0.2) is 5.76 Å². The van der Waals surface area contributed by atoms with Crippen LogP contribution in [0.4, 0.5) is 10.1 Å². The maximum atomic E-state index is 15.1. The fourth-order valence-corrected chi connectivity index (χ4v) is 4.61. The van der Waals surface area contributed by atoms with Gasteiger partial charge < -0.3 is 15.1 Å². The SMILES string of the molecule is Cc1ccccc1N(C(=O)CNC(=O)c1ccco1)[C@H](C(=O)NC1CCCCC1)c1ccccc1F. The van der Waals surface area contributed by atoms with E-state index in [0.717, 1.165) is 37.7 Å². The Balaban J connectivity index is 1.70. The number of halogens is 1. The van der Waals surface area contributed by atoms with Gasteiger partial charge in [-0.15, -0.1) is 0 Å². The van der Waals surface area contributed by atoms with Crippen LogP contribution in [-0.2, 0) is 9.59 Å². The maximum Gasteiger partial charge on any atom is 0.287 e. The van der Waals surface area contributed by atoms with Gasteiger partial charge in [0.25, 0.3) is 5.91 Å². The van der Waals surface area contributed by atoms with Crippen molar-refractivity contribution < 1.29 is 23.2 Å². The fourth-order valence-electron chi connectivity index (χ4n) is 4.61. The molecule has 0 unspecified atom stereocenters. The van der Waals surface area contributed by atoms with Crippen molar-refractivity contribution in [2.75, 3.05) is 11.4 Å². The Morgan fingerprint density at radius 3 is 2.42 bits per heavy atom. The molecule has 0 radical (unpaired) electrons. The molecule has 2 aromatic carbocycles. The Labute approximate surface area is 209 Å². The lowest BCUT2D eigenvalue weighted by Gasteiger charge is -2.34. The van der Waals surface area contributed by atoms with Gasteiger partial charge in [0.2, 0.25) is 11.8 Å². The summed E-state index contributed by atoms with van der Waals surface area (Å²) in [6, 6.07) is 14.8. The molecule has 1 aliphatic rings. The molecular formula is C28H30FN3O4.